The van der Waals surface area contributed by atoms with E-state index in [1.54, 1.807) is 12.1 Å². The summed E-state index contributed by atoms with van der Waals surface area (Å²) in [6, 6.07) is 6.66. The van der Waals surface area contributed by atoms with Crippen molar-refractivity contribution in [2.24, 2.45) is 5.92 Å². The van der Waals surface area contributed by atoms with Crippen molar-refractivity contribution in [2.75, 3.05) is 39.9 Å². The fourth-order valence-electron chi connectivity index (χ4n) is 2.56. The van der Waals surface area contributed by atoms with E-state index in [0.29, 0.717) is 25.2 Å². The molecule has 0 saturated heterocycles. The smallest absolute Gasteiger partial charge is 0.127 e. The predicted molar refractivity (Wildman–Crippen MR) is 78.0 cm³/mol. The SMILES string of the molecule is CNC(c1ccccc1F)C(C)CN(CCO)CCO. The first-order valence-electron chi connectivity index (χ1n) is 6.99. The van der Waals surface area contributed by atoms with E-state index in [2.05, 4.69) is 5.32 Å². The number of halogens is 1. The van der Waals surface area contributed by atoms with Gasteiger partial charge in [0.2, 0.25) is 0 Å². The fourth-order valence-corrected chi connectivity index (χ4v) is 2.56. The van der Waals surface area contributed by atoms with Gasteiger partial charge >= 0.3 is 0 Å². The molecule has 0 radical (unpaired) electrons. The van der Waals surface area contributed by atoms with Crippen molar-refractivity contribution < 1.29 is 14.6 Å². The van der Waals surface area contributed by atoms with Crippen molar-refractivity contribution in [3.8, 4) is 0 Å². The summed E-state index contributed by atoms with van der Waals surface area (Å²) >= 11 is 0. The van der Waals surface area contributed by atoms with Crippen LogP contribution in [0.3, 0.4) is 0 Å². The molecule has 4 nitrogen and oxygen atoms in total. The first kappa shape index (κ1) is 17.0. The molecule has 1 rings (SSSR count). The first-order valence-corrected chi connectivity index (χ1v) is 6.99. The molecule has 114 valence electrons. The summed E-state index contributed by atoms with van der Waals surface area (Å²) in [5, 5.41) is 21.2. The van der Waals surface area contributed by atoms with Crippen LogP contribution in [0, 0.1) is 11.7 Å². The van der Waals surface area contributed by atoms with E-state index in [-0.39, 0.29) is 31.0 Å². The summed E-state index contributed by atoms with van der Waals surface area (Å²) in [7, 11) is 1.82. The zero-order valence-electron chi connectivity index (χ0n) is 12.2. The van der Waals surface area contributed by atoms with Gasteiger partial charge < -0.3 is 15.5 Å². The lowest BCUT2D eigenvalue weighted by Crippen LogP contribution is -2.38. The number of aliphatic hydroxyl groups is 2. The maximum absolute atomic E-state index is 13.9. The van der Waals surface area contributed by atoms with Gasteiger partial charge in [-0.05, 0) is 19.0 Å². The molecule has 0 fully saturated rings. The zero-order chi connectivity index (χ0) is 15.0. The molecule has 0 heterocycles. The molecule has 2 atom stereocenters. The summed E-state index contributed by atoms with van der Waals surface area (Å²) in [5.41, 5.74) is 0.649. The number of rotatable bonds is 9. The summed E-state index contributed by atoms with van der Waals surface area (Å²) in [5.74, 6) is -0.0652. The van der Waals surface area contributed by atoms with Gasteiger partial charge in [-0.15, -0.1) is 0 Å². The van der Waals surface area contributed by atoms with Crippen molar-refractivity contribution in [3.63, 3.8) is 0 Å². The molecule has 0 saturated carbocycles. The van der Waals surface area contributed by atoms with Gasteiger partial charge in [-0.1, -0.05) is 25.1 Å². The Morgan fingerprint density at radius 2 is 1.80 bits per heavy atom. The van der Waals surface area contributed by atoms with E-state index in [0.717, 1.165) is 0 Å². The molecular weight excluding hydrogens is 259 g/mol. The van der Waals surface area contributed by atoms with Crippen LogP contribution >= 0.6 is 0 Å². The number of aliphatic hydroxyl groups excluding tert-OH is 2. The normalized spacial score (nSPS) is 14.5. The Morgan fingerprint density at radius 3 is 2.30 bits per heavy atom. The molecule has 0 aromatic heterocycles. The van der Waals surface area contributed by atoms with E-state index < -0.39 is 0 Å². The standard InChI is InChI=1S/C15H25FN2O2/c1-12(11-18(7-9-19)8-10-20)15(17-2)13-5-3-4-6-14(13)16/h3-6,12,15,17,19-20H,7-11H2,1-2H3. The lowest BCUT2D eigenvalue weighted by atomic mass is 9.93. The highest BCUT2D eigenvalue weighted by Crippen LogP contribution is 2.24. The number of nitrogens with zero attached hydrogens (tertiary/aromatic N) is 1. The van der Waals surface area contributed by atoms with Gasteiger partial charge in [-0.3, -0.25) is 4.90 Å². The van der Waals surface area contributed by atoms with Gasteiger partial charge in [0, 0.05) is 31.2 Å². The van der Waals surface area contributed by atoms with Crippen LogP contribution in [-0.2, 0) is 0 Å². The van der Waals surface area contributed by atoms with Crippen molar-refractivity contribution in [1.82, 2.24) is 10.2 Å². The van der Waals surface area contributed by atoms with Gasteiger partial charge in [0.1, 0.15) is 5.82 Å². The van der Waals surface area contributed by atoms with Crippen LogP contribution in [0.25, 0.3) is 0 Å². The molecule has 1 aromatic carbocycles. The lowest BCUT2D eigenvalue weighted by Gasteiger charge is -2.30. The summed E-state index contributed by atoms with van der Waals surface area (Å²) < 4.78 is 13.9. The van der Waals surface area contributed by atoms with Crippen molar-refractivity contribution in [2.45, 2.75) is 13.0 Å². The Hall–Kier alpha value is -1.01. The second kappa shape index (κ2) is 9.02. The van der Waals surface area contributed by atoms with Gasteiger partial charge in [0.05, 0.1) is 13.2 Å². The maximum atomic E-state index is 13.9. The molecule has 0 amide bonds. The Balaban J connectivity index is 2.76. The maximum Gasteiger partial charge on any atom is 0.127 e. The first-order chi connectivity index (χ1) is 9.63. The van der Waals surface area contributed by atoms with E-state index in [1.807, 2.05) is 24.9 Å². The summed E-state index contributed by atoms with van der Waals surface area (Å²) in [6.07, 6.45) is 0. The summed E-state index contributed by atoms with van der Waals surface area (Å²) in [4.78, 5) is 1.98. The second-order valence-electron chi connectivity index (χ2n) is 5.01. The molecule has 1 aromatic rings. The highest BCUT2D eigenvalue weighted by atomic mass is 19.1. The molecule has 0 aliphatic carbocycles. The molecule has 5 heteroatoms. The van der Waals surface area contributed by atoms with Crippen LogP contribution < -0.4 is 5.32 Å². The van der Waals surface area contributed by atoms with Crippen LogP contribution in [0.15, 0.2) is 24.3 Å². The van der Waals surface area contributed by atoms with E-state index in [1.165, 1.54) is 6.07 Å². The fraction of sp³-hybridized carbons (Fsp3) is 0.600. The zero-order valence-corrected chi connectivity index (χ0v) is 12.2. The van der Waals surface area contributed by atoms with Crippen LogP contribution in [0.4, 0.5) is 4.39 Å². The third kappa shape index (κ3) is 4.83. The molecule has 0 aliphatic rings. The lowest BCUT2D eigenvalue weighted by molar-refractivity contribution is 0.138. The predicted octanol–water partition coefficient (Wildman–Crippen LogP) is 1.01. The van der Waals surface area contributed by atoms with Gasteiger partial charge in [0.25, 0.3) is 0 Å². The Morgan fingerprint density at radius 1 is 1.20 bits per heavy atom. The second-order valence-corrected chi connectivity index (χ2v) is 5.01. The number of hydrogen-bond donors (Lipinski definition) is 3. The van der Waals surface area contributed by atoms with Gasteiger partial charge in [-0.2, -0.15) is 0 Å². The molecule has 0 spiro atoms. The van der Waals surface area contributed by atoms with Crippen molar-refractivity contribution >= 4 is 0 Å². The minimum absolute atomic E-state index is 0.0522. The largest absolute Gasteiger partial charge is 0.395 e. The molecule has 0 bridgehead atoms. The van der Waals surface area contributed by atoms with E-state index in [9.17, 15) is 4.39 Å². The quantitative estimate of drug-likeness (QED) is 0.633. The summed E-state index contributed by atoms with van der Waals surface area (Å²) in [6.45, 7) is 3.85. The third-order valence-electron chi connectivity index (χ3n) is 3.50. The molecule has 20 heavy (non-hydrogen) atoms. The Labute approximate surface area is 120 Å². The number of nitrogens with one attached hydrogen (secondary N) is 1. The topological polar surface area (TPSA) is 55.7 Å². The average molecular weight is 284 g/mol. The third-order valence-corrected chi connectivity index (χ3v) is 3.50. The highest BCUT2D eigenvalue weighted by molar-refractivity contribution is 5.21. The van der Waals surface area contributed by atoms with Gasteiger partial charge in [0.15, 0.2) is 0 Å². The van der Waals surface area contributed by atoms with Crippen molar-refractivity contribution in [3.05, 3.63) is 35.6 Å². The number of benzene rings is 1. The molecular formula is C15H25FN2O2. The monoisotopic (exact) mass is 284 g/mol. The van der Waals surface area contributed by atoms with Crippen LogP contribution in [0.5, 0.6) is 0 Å². The molecule has 2 unspecified atom stereocenters. The van der Waals surface area contributed by atoms with Crippen LogP contribution in [-0.4, -0.2) is 55.0 Å². The van der Waals surface area contributed by atoms with E-state index >= 15 is 0 Å². The molecule has 3 N–H and O–H groups in total. The van der Waals surface area contributed by atoms with Crippen LogP contribution in [0.2, 0.25) is 0 Å². The number of hydrogen-bond acceptors (Lipinski definition) is 4. The Kier molecular flexibility index (Phi) is 7.69. The average Bonchev–Trinajstić information content (AvgIpc) is 2.42. The Bertz CT molecular complexity index is 384. The highest BCUT2D eigenvalue weighted by Gasteiger charge is 2.22. The van der Waals surface area contributed by atoms with Gasteiger partial charge in [-0.25, -0.2) is 4.39 Å². The van der Waals surface area contributed by atoms with E-state index in [4.69, 9.17) is 10.2 Å². The molecule has 0 aliphatic heterocycles. The van der Waals surface area contributed by atoms with Crippen molar-refractivity contribution in [1.29, 1.82) is 0 Å². The minimum Gasteiger partial charge on any atom is -0.395 e. The van der Waals surface area contributed by atoms with Crippen LogP contribution in [0.1, 0.15) is 18.5 Å². The minimum atomic E-state index is -0.213.